The summed E-state index contributed by atoms with van der Waals surface area (Å²) in [6.07, 6.45) is 7.88. The second kappa shape index (κ2) is 9.75. The van der Waals surface area contributed by atoms with Gasteiger partial charge in [-0.1, -0.05) is 56.3 Å². The summed E-state index contributed by atoms with van der Waals surface area (Å²) >= 11 is 0. The minimum Gasteiger partial charge on any atom is -0.330 e. The number of hydrogen-bond donors (Lipinski definition) is 0. The lowest BCUT2D eigenvalue weighted by atomic mass is 10.0. The zero-order valence-electron chi connectivity index (χ0n) is 17.4. The Labute approximate surface area is 170 Å². The van der Waals surface area contributed by atoms with Gasteiger partial charge in [-0.2, -0.15) is 0 Å². The lowest BCUT2D eigenvalue weighted by Crippen LogP contribution is -2.24. The largest absolute Gasteiger partial charge is 0.330 e. The van der Waals surface area contributed by atoms with Crippen molar-refractivity contribution in [1.82, 2.24) is 9.80 Å². The van der Waals surface area contributed by atoms with Gasteiger partial charge in [0.15, 0.2) is 0 Å². The molecule has 2 unspecified atom stereocenters. The van der Waals surface area contributed by atoms with E-state index >= 15 is 0 Å². The number of carbonyl (C=O) groups is 1. The third-order valence-electron chi connectivity index (χ3n) is 5.49. The van der Waals surface area contributed by atoms with Crippen LogP contribution in [0.2, 0.25) is 0 Å². The first-order valence-electron chi connectivity index (χ1n) is 10.6. The highest BCUT2D eigenvalue weighted by atomic mass is 16.2. The number of amides is 1. The summed E-state index contributed by atoms with van der Waals surface area (Å²) in [4.78, 5) is 16.6. The first-order valence-corrected chi connectivity index (χ1v) is 10.6. The quantitative estimate of drug-likeness (QED) is 0.720. The zero-order chi connectivity index (χ0) is 19.9. The van der Waals surface area contributed by atoms with Crippen LogP contribution in [-0.4, -0.2) is 42.4 Å². The Morgan fingerprint density at radius 1 is 1.00 bits per heavy atom. The first kappa shape index (κ1) is 20.4. The molecule has 4 aliphatic rings. The number of nitrogens with zero attached hydrogens (tertiary/aromatic N) is 2. The molecule has 1 saturated heterocycles. The Morgan fingerprint density at radius 2 is 1.64 bits per heavy atom. The molecule has 2 atom stereocenters. The molecule has 3 nitrogen and oxygen atoms in total. The van der Waals surface area contributed by atoms with Gasteiger partial charge in [0.1, 0.15) is 0 Å². The van der Waals surface area contributed by atoms with E-state index in [-0.39, 0.29) is 5.91 Å². The van der Waals surface area contributed by atoms with Crippen LogP contribution in [0.4, 0.5) is 0 Å². The van der Waals surface area contributed by atoms with Crippen LogP contribution in [0.3, 0.4) is 0 Å². The maximum atomic E-state index is 12.3. The normalized spacial score (nSPS) is 24.5. The highest BCUT2D eigenvalue weighted by Gasteiger charge is 2.42. The summed E-state index contributed by atoms with van der Waals surface area (Å²) in [5, 5.41) is 0. The average Bonchev–Trinajstić information content (AvgIpc) is 3.48. The van der Waals surface area contributed by atoms with Crippen molar-refractivity contribution < 1.29 is 4.79 Å². The molecule has 0 spiro atoms. The van der Waals surface area contributed by atoms with Crippen molar-refractivity contribution in [2.75, 3.05) is 26.7 Å². The van der Waals surface area contributed by atoms with Gasteiger partial charge in [0, 0.05) is 44.6 Å². The van der Waals surface area contributed by atoms with Crippen molar-refractivity contribution in [1.29, 1.82) is 0 Å². The van der Waals surface area contributed by atoms with Crippen LogP contribution in [-0.2, 0) is 11.3 Å². The highest BCUT2D eigenvalue weighted by Crippen LogP contribution is 2.48. The molecule has 2 aliphatic heterocycles. The van der Waals surface area contributed by atoms with Gasteiger partial charge in [-0.15, -0.1) is 11.8 Å². The molecule has 2 heterocycles. The lowest BCUT2D eigenvalue weighted by Gasteiger charge is -2.14. The van der Waals surface area contributed by atoms with Crippen molar-refractivity contribution in [2.45, 2.75) is 39.7 Å². The fourth-order valence-corrected chi connectivity index (χ4v) is 3.80. The van der Waals surface area contributed by atoms with E-state index in [4.69, 9.17) is 0 Å². The predicted molar refractivity (Wildman–Crippen MR) is 115 cm³/mol. The van der Waals surface area contributed by atoms with E-state index in [9.17, 15) is 4.79 Å². The lowest BCUT2D eigenvalue weighted by molar-refractivity contribution is -0.125. The van der Waals surface area contributed by atoms with Crippen LogP contribution in [0.5, 0.6) is 0 Å². The molecule has 148 valence electrons. The van der Waals surface area contributed by atoms with Crippen LogP contribution >= 0.6 is 0 Å². The summed E-state index contributed by atoms with van der Waals surface area (Å²) in [7, 11) is 2.13. The molecule has 2 fully saturated rings. The topological polar surface area (TPSA) is 23.6 Å². The molecular formula is C25H32N2O. The van der Waals surface area contributed by atoms with E-state index in [1.807, 2.05) is 36.9 Å². The minimum absolute atomic E-state index is 0.218. The number of allylic oxidation sites excluding steroid dienone is 2. The minimum atomic E-state index is 0.218. The fourth-order valence-electron chi connectivity index (χ4n) is 3.80. The van der Waals surface area contributed by atoms with Crippen LogP contribution in [0.15, 0.2) is 53.6 Å². The van der Waals surface area contributed by atoms with Crippen molar-refractivity contribution in [2.24, 2.45) is 11.8 Å². The number of carbonyl (C=O) groups excluding carboxylic acids is 1. The van der Waals surface area contributed by atoms with Crippen LogP contribution < -0.4 is 0 Å². The number of fused-ring (bicyclic) bond motifs is 2. The van der Waals surface area contributed by atoms with Crippen LogP contribution in [0.1, 0.15) is 38.7 Å². The smallest absolute Gasteiger partial charge is 0.254 e. The number of rotatable bonds is 2. The maximum Gasteiger partial charge on any atom is 0.254 e. The second-order valence-corrected chi connectivity index (χ2v) is 7.64. The molecule has 1 saturated carbocycles. The summed E-state index contributed by atoms with van der Waals surface area (Å²) in [6, 6.07) is 10.2. The molecule has 2 aliphatic carbocycles. The Kier molecular flexibility index (Phi) is 7.12. The molecule has 0 radical (unpaired) electrons. The molecule has 1 amide bonds. The number of likely N-dealkylation sites (tertiary alicyclic amines) is 1. The van der Waals surface area contributed by atoms with Gasteiger partial charge in [-0.25, -0.2) is 0 Å². The highest BCUT2D eigenvalue weighted by molar-refractivity contribution is 6.01. The standard InChI is InChI=1S/C16H15NO.C7H11N.C2H6/c18-16-15-8-13-6-12(13)7-14(15)10-17(16)9-11-4-2-1-3-5-11;1-8-6-4-2-3-5-7-8;1-2/h1-5,7-8,12-13H,6,9-10H2;4-7H2,1H3;1-2H3. The van der Waals surface area contributed by atoms with Gasteiger partial charge in [-0.05, 0) is 36.4 Å². The van der Waals surface area contributed by atoms with Gasteiger partial charge in [0.2, 0.25) is 0 Å². The molecular weight excluding hydrogens is 344 g/mol. The van der Waals surface area contributed by atoms with Gasteiger partial charge in [0.25, 0.3) is 5.91 Å². The molecule has 28 heavy (non-hydrogen) atoms. The van der Waals surface area contributed by atoms with E-state index < -0.39 is 0 Å². The third-order valence-corrected chi connectivity index (χ3v) is 5.49. The van der Waals surface area contributed by atoms with E-state index in [1.54, 1.807) is 0 Å². The fraction of sp³-hybridized carbons (Fsp3) is 0.480. The van der Waals surface area contributed by atoms with Crippen molar-refractivity contribution >= 4 is 5.91 Å². The molecule has 5 rings (SSSR count). The SMILES string of the molecule is CC.CN1CCC#CCC1.O=C1C2=CC3CC3C=C2CN1Cc1ccccc1. The summed E-state index contributed by atoms with van der Waals surface area (Å²) in [6.45, 7) is 7.81. The van der Waals surface area contributed by atoms with E-state index in [2.05, 4.69) is 48.1 Å². The van der Waals surface area contributed by atoms with E-state index in [0.29, 0.717) is 5.92 Å². The van der Waals surface area contributed by atoms with E-state index in [1.165, 1.54) is 17.6 Å². The molecule has 1 aromatic carbocycles. The predicted octanol–water partition coefficient (Wildman–Crippen LogP) is 4.27. The molecule has 0 aromatic heterocycles. The third kappa shape index (κ3) is 5.14. The average molecular weight is 377 g/mol. The Hall–Kier alpha value is -2.31. The Bertz CT molecular complexity index is 785. The van der Waals surface area contributed by atoms with Crippen LogP contribution in [0.25, 0.3) is 0 Å². The Balaban J connectivity index is 0.000000190. The summed E-state index contributed by atoms with van der Waals surface area (Å²) < 4.78 is 0. The van der Waals surface area contributed by atoms with Gasteiger partial charge in [0.05, 0.1) is 0 Å². The maximum absolute atomic E-state index is 12.3. The second-order valence-electron chi connectivity index (χ2n) is 7.64. The summed E-state index contributed by atoms with van der Waals surface area (Å²) in [5.41, 5.74) is 3.44. The van der Waals surface area contributed by atoms with Gasteiger partial charge >= 0.3 is 0 Å². The number of hydrogen-bond acceptors (Lipinski definition) is 2. The van der Waals surface area contributed by atoms with Crippen molar-refractivity contribution in [3.8, 4) is 11.8 Å². The van der Waals surface area contributed by atoms with Gasteiger partial charge in [-0.3, -0.25) is 4.79 Å². The molecule has 0 N–H and O–H groups in total. The van der Waals surface area contributed by atoms with Crippen LogP contribution in [0, 0.1) is 23.7 Å². The zero-order valence-corrected chi connectivity index (χ0v) is 17.4. The number of benzene rings is 1. The Morgan fingerprint density at radius 3 is 2.32 bits per heavy atom. The van der Waals surface area contributed by atoms with Gasteiger partial charge < -0.3 is 9.80 Å². The first-order chi connectivity index (χ1) is 13.7. The monoisotopic (exact) mass is 376 g/mol. The molecule has 3 heteroatoms. The molecule has 0 bridgehead atoms. The molecule has 1 aromatic rings. The van der Waals surface area contributed by atoms with Crippen molar-refractivity contribution in [3.05, 3.63) is 59.2 Å². The van der Waals surface area contributed by atoms with E-state index in [0.717, 1.165) is 50.5 Å². The van der Waals surface area contributed by atoms with Crippen molar-refractivity contribution in [3.63, 3.8) is 0 Å². The summed E-state index contributed by atoms with van der Waals surface area (Å²) in [5.74, 6) is 7.78.